The number of rotatable bonds is 8. The largest absolute Gasteiger partial charge is 0.310 e. The highest BCUT2D eigenvalue weighted by atomic mass is 35.5. The van der Waals surface area contributed by atoms with Crippen LogP contribution in [0.3, 0.4) is 0 Å². The third kappa shape index (κ3) is 5.21. The van der Waals surface area contributed by atoms with Gasteiger partial charge in [0.05, 0.1) is 16.9 Å². The van der Waals surface area contributed by atoms with Gasteiger partial charge in [0, 0.05) is 43.5 Å². The van der Waals surface area contributed by atoms with Crippen molar-refractivity contribution in [3.63, 3.8) is 0 Å². The lowest BCUT2D eigenvalue weighted by molar-refractivity contribution is 0.286. The summed E-state index contributed by atoms with van der Waals surface area (Å²) in [7, 11) is 2.02. The van der Waals surface area contributed by atoms with Crippen molar-refractivity contribution in [2.45, 2.75) is 64.0 Å². The Balaban J connectivity index is 1.20. The van der Waals surface area contributed by atoms with Gasteiger partial charge >= 0.3 is 0 Å². The van der Waals surface area contributed by atoms with Crippen LogP contribution >= 0.6 is 11.6 Å². The van der Waals surface area contributed by atoms with Gasteiger partial charge in [-0.15, -0.1) is 0 Å². The molecule has 6 heteroatoms. The molecule has 3 aromatic rings. The van der Waals surface area contributed by atoms with E-state index in [2.05, 4.69) is 45.7 Å². The molecular formula is C26H32ClN5. The number of halogens is 1. The van der Waals surface area contributed by atoms with Crippen LogP contribution in [-0.4, -0.2) is 25.8 Å². The average Bonchev–Trinajstić information content (AvgIpc) is 3.57. The zero-order valence-electron chi connectivity index (χ0n) is 18.8. The predicted octanol–water partition coefficient (Wildman–Crippen LogP) is 5.37. The number of hydrogen-bond donors (Lipinski definition) is 1. The molecule has 5 rings (SSSR count). The molecule has 2 aliphatic carbocycles. The molecule has 0 radical (unpaired) electrons. The van der Waals surface area contributed by atoms with E-state index in [0.29, 0.717) is 17.0 Å². The van der Waals surface area contributed by atoms with Crippen LogP contribution in [0.15, 0.2) is 42.7 Å². The Labute approximate surface area is 195 Å². The van der Waals surface area contributed by atoms with Gasteiger partial charge in [-0.05, 0) is 62.3 Å². The van der Waals surface area contributed by atoms with Crippen molar-refractivity contribution in [3.8, 4) is 11.3 Å². The van der Waals surface area contributed by atoms with Gasteiger partial charge in [0.25, 0.3) is 0 Å². The van der Waals surface area contributed by atoms with E-state index in [0.717, 1.165) is 42.4 Å². The molecule has 0 amide bonds. The zero-order chi connectivity index (χ0) is 21.9. The predicted molar refractivity (Wildman–Crippen MR) is 128 cm³/mol. The van der Waals surface area contributed by atoms with Crippen molar-refractivity contribution in [1.82, 2.24) is 25.1 Å². The standard InChI is InChI=1S/C26H32ClN5/c1-32-24(13-18-7-8-18)22(16-30-32)26-23(27)17-29-25(31-26)14-19-9-11-21(12-10-19)28-15-20-5-3-2-4-6-20/h2-6,16-19,21,28H,7-15H2,1H3. The maximum atomic E-state index is 6.54. The maximum absolute atomic E-state index is 6.54. The Kier molecular flexibility index (Phi) is 6.56. The normalized spacial score (nSPS) is 21.1. The SMILES string of the molecule is Cn1ncc(-c2nc(CC3CCC(NCc4ccccc4)CC3)ncc2Cl)c1CC1CC1. The van der Waals surface area contributed by atoms with Gasteiger partial charge in [-0.25, -0.2) is 9.97 Å². The summed E-state index contributed by atoms with van der Waals surface area (Å²) in [6.45, 7) is 0.953. The molecule has 1 aromatic carbocycles. The summed E-state index contributed by atoms with van der Waals surface area (Å²) >= 11 is 6.54. The summed E-state index contributed by atoms with van der Waals surface area (Å²) in [5, 5.41) is 8.85. The van der Waals surface area contributed by atoms with Crippen LogP contribution in [0.4, 0.5) is 0 Å². The van der Waals surface area contributed by atoms with Crippen LogP contribution in [0, 0.1) is 11.8 Å². The first-order valence-electron chi connectivity index (χ1n) is 12.0. The molecule has 32 heavy (non-hydrogen) atoms. The second-order valence-corrected chi connectivity index (χ2v) is 9.95. The lowest BCUT2D eigenvalue weighted by Gasteiger charge is -2.29. The van der Waals surface area contributed by atoms with Crippen LogP contribution in [0.25, 0.3) is 11.3 Å². The smallest absolute Gasteiger partial charge is 0.129 e. The molecule has 2 heterocycles. The molecule has 0 spiro atoms. The molecule has 5 nitrogen and oxygen atoms in total. The van der Waals surface area contributed by atoms with E-state index >= 15 is 0 Å². The number of aromatic nitrogens is 4. The van der Waals surface area contributed by atoms with Crippen molar-refractivity contribution in [1.29, 1.82) is 0 Å². The summed E-state index contributed by atoms with van der Waals surface area (Å²) in [5.74, 6) is 2.33. The van der Waals surface area contributed by atoms with Gasteiger partial charge < -0.3 is 5.32 Å². The van der Waals surface area contributed by atoms with Gasteiger partial charge in [-0.3, -0.25) is 4.68 Å². The van der Waals surface area contributed by atoms with Crippen LogP contribution < -0.4 is 5.32 Å². The second-order valence-electron chi connectivity index (χ2n) is 9.55. The summed E-state index contributed by atoms with van der Waals surface area (Å²) in [5.41, 5.74) is 4.51. The highest BCUT2D eigenvalue weighted by Crippen LogP contribution is 2.37. The van der Waals surface area contributed by atoms with Crippen LogP contribution in [-0.2, 0) is 26.4 Å². The topological polar surface area (TPSA) is 55.6 Å². The minimum atomic E-state index is 0.605. The third-order valence-electron chi connectivity index (χ3n) is 7.05. The van der Waals surface area contributed by atoms with Gasteiger partial charge in [0.2, 0.25) is 0 Å². The molecular weight excluding hydrogens is 418 g/mol. The molecule has 1 N–H and O–H groups in total. The van der Waals surface area contributed by atoms with Gasteiger partial charge in [0.15, 0.2) is 0 Å². The van der Waals surface area contributed by atoms with E-state index in [1.54, 1.807) is 6.20 Å². The molecule has 0 bridgehead atoms. The first-order chi connectivity index (χ1) is 15.7. The van der Waals surface area contributed by atoms with Crippen molar-refractivity contribution in [3.05, 3.63) is 64.8 Å². The minimum Gasteiger partial charge on any atom is -0.310 e. The number of nitrogens with zero attached hydrogens (tertiary/aromatic N) is 4. The van der Waals surface area contributed by atoms with E-state index in [-0.39, 0.29) is 0 Å². The van der Waals surface area contributed by atoms with Gasteiger partial charge in [-0.2, -0.15) is 5.10 Å². The molecule has 0 saturated heterocycles. The number of aryl methyl sites for hydroxylation is 1. The van der Waals surface area contributed by atoms with E-state index in [4.69, 9.17) is 16.6 Å². The summed E-state index contributed by atoms with van der Waals surface area (Å²) in [6, 6.07) is 11.3. The third-order valence-corrected chi connectivity index (χ3v) is 7.32. The summed E-state index contributed by atoms with van der Waals surface area (Å²) < 4.78 is 1.98. The monoisotopic (exact) mass is 449 g/mol. The van der Waals surface area contributed by atoms with Crippen LogP contribution in [0.2, 0.25) is 5.02 Å². The van der Waals surface area contributed by atoms with E-state index in [1.807, 2.05) is 17.9 Å². The number of hydrogen-bond acceptors (Lipinski definition) is 4. The van der Waals surface area contributed by atoms with Crippen molar-refractivity contribution in [2.24, 2.45) is 18.9 Å². The number of nitrogens with one attached hydrogen (secondary N) is 1. The molecule has 2 aromatic heterocycles. The van der Waals surface area contributed by atoms with E-state index in [1.165, 1.54) is 49.8 Å². The highest BCUT2D eigenvalue weighted by molar-refractivity contribution is 6.32. The molecule has 2 fully saturated rings. The first-order valence-corrected chi connectivity index (χ1v) is 12.3. The summed E-state index contributed by atoms with van der Waals surface area (Å²) in [6.07, 6.45) is 13.2. The van der Waals surface area contributed by atoms with Gasteiger partial charge in [0.1, 0.15) is 5.82 Å². The Morgan fingerprint density at radius 3 is 2.44 bits per heavy atom. The van der Waals surface area contributed by atoms with Crippen molar-refractivity contribution < 1.29 is 0 Å². The Bertz CT molecular complexity index is 1040. The first kappa shape index (κ1) is 21.6. The molecule has 0 unspecified atom stereocenters. The second kappa shape index (κ2) is 9.72. The van der Waals surface area contributed by atoms with Crippen LogP contribution in [0.1, 0.15) is 55.6 Å². The fourth-order valence-electron chi connectivity index (χ4n) is 4.88. The molecule has 168 valence electrons. The fraction of sp³-hybridized carbons (Fsp3) is 0.500. The quantitative estimate of drug-likeness (QED) is 0.502. The van der Waals surface area contributed by atoms with Crippen molar-refractivity contribution >= 4 is 11.6 Å². The van der Waals surface area contributed by atoms with Crippen molar-refractivity contribution in [2.75, 3.05) is 0 Å². The average molecular weight is 450 g/mol. The fourth-order valence-corrected chi connectivity index (χ4v) is 5.07. The van der Waals surface area contributed by atoms with Crippen LogP contribution in [0.5, 0.6) is 0 Å². The summed E-state index contributed by atoms with van der Waals surface area (Å²) in [4.78, 5) is 9.50. The lowest BCUT2D eigenvalue weighted by atomic mass is 9.84. The molecule has 0 aliphatic heterocycles. The highest BCUT2D eigenvalue weighted by Gasteiger charge is 2.27. The Hall–Kier alpha value is -2.24. The Morgan fingerprint density at radius 1 is 0.969 bits per heavy atom. The zero-order valence-corrected chi connectivity index (χ0v) is 19.6. The van der Waals surface area contributed by atoms with Gasteiger partial charge in [-0.1, -0.05) is 41.9 Å². The minimum absolute atomic E-state index is 0.605. The van der Waals surface area contributed by atoms with E-state index < -0.39 is 0 Å². The molecule has 0 atom stereocenters. The molecule has 2 saturated carbocycles. The maximum Gasteiger partial charge on any atom is 0.129 e. The Morgan fingerprint density at radius 2 is 1.69 bits per heavy atom. The lowest BCUT2D eigenvalue weighted by Crippen LogP contribution is -2.33. The van der Waals surface area contributed by atoms with E-state index in [9.17, 15) is 0 Å². The number of benzene rings is 1. The molecule has 2 aliphatic rings.